The molecule has 1 fully saturated rings. The largest absolute Gasteiger partial charge is 0.343 e. The molecule has 0 spiro atoms. The number of amides is 2. The summed E-state index contributed by atoms with van der Waals surface area (Å²) in [6.07, 6.45) is 3.33. The number of carbonyl (C=O) groups is 2. The molecule has 0 aliphatic carbocycles. The lowest BCUT2D eigenvalue weighted by Crippen LogP contribution is -2.42. The van der Waals surface area contributed by atoms with Gasteiger partial charge in [-0.25, -0.2) is 0 Å². The minimum Gasteiger partial charge on any atom is -0.343 e. The fourth-order valence-corrected chi connectivity index (χ4v) is 2.10. The van der Waals surface area contributed by atoms with Gasteiger partial charge in [-0.3, -0.25) is 9.59 Å². The molecule has 110 valence electrons. The van der Waals surface area contributed by atoms with Gasteiger partial charge in [-0.1, -0.05) is 32.0 Å². The molecule has 1 N–H and O–H groups in total. The third-order valence-corrected chi connectivity index (χ3v) is 3.14. The number of nitrogens with one attached hydrogen (secondary N) is 1. The topological polar surface area (TPSA) is 49.4 Å². The van der Waals surface area contributed by atoms with Gasteiger partial charge in [0.25, 0.3) is 5.91 Å². The van der Waals surface area contributed by atoms with Crippen LogP contribution in [-0.4, -0.2) is 36.3 Å². The second-order valence-electron chi connectivity index (χ2n) is 4.49. The van der Waals surface area contributed by atoms with Crippen molar-refractivity contribution in [2.45, 2.75) is 33.1 Å². The van der Waals surface area contributed by atoms with Crippen LogP contribution in [-0.2, 0) is 4.79 Å². The number of carbonyl (C=O) groups excluding carboxylic acids is 2. The molecule has 1 aromatic rings. The minimum atomic E-state index is -0.194. The van der Waals surface area contributed by atoms with Gasteiger partial charge in [0.05, 0.1) is 6.54 Å². The quantitative estimate of drug-likeness (QED) is 0.922. The molecule has 0 unspecified atom stereocenters. The third-order valence-electron chi connectivity index (χ3n) is 3.14. The fourth-order valence-electron chi connectivity index (χ4n) is 2.10. The molecule has 1 aromatic carbocycles. The molecule has 0 aromatic heterocycles. The number of piperidine rings is 1. The summed E-state index contributed by atoms with van der Waals surface area (Å²) in [6, 6.07) is 8.94. The van der Waals surface area contributed by atoms with Gasteiger partial charge in [-0.15, -0.1) is 0 Å². The van der Waals surface area contributed by atoms with E-state index in [4.69, 9.17) is 0 Å². The van der Waals surface area contributed by atoms with Crippen LogP contribution in [0, 0.1) is 0 Å². The number of likely N-dealkylation sites (tertiary alicyclic amines) is 1. The number of benzene rings is 1. The monoisotopic (exact) mass is 276 g/mol. The van der Waals surface area contributed by atoms with E-state index >= 15 is 0 Å². The summed E-state index contributed by atoms with van der Waals surface area (Å²) >= 11 is 0. The van der Waals surface area contributed by atoms with Gasteiger partial charge >= 0.3 is 0 Å². The molecule has 4 nitrogen and oxygen atoms in total. The predicted molar refractivity (Wildman–Crippen MR) is 80.6 cm³/mol. The number of hydrogen-bond acceptors (Lipinski definition) is 2. The molecule has 0 atom stereocenters. The summed E-state index contributed by atoms with van der Waals surface area (Å²) in [7, 11) is 0. The van der Waals surface area contributed by atoms with Crippen LogP contribution in [0.15, 0.2) is 30.3 Å². The number of hydrogen-bond donors (Lipinski definition) is 1. The van der Waals surface area contributed by atoms with Crippen LogP contribution in [0.5, 0.6) is 0 Å². The fraction of sp³-hybridized carbons (Fsp3) is 0.500. The molecule has 20 heavy (non-hydrogen) atoms. The van der Waals surface area contributed by atoms with E-state index in [0.717, 1.165) is 25.9 Å². The molecule has 2 rings (SSSR count). The van der Waals surface area contributed by atoms with Crippen molar-refractivity contribution in [1.29, 1.82) is 0 Å². The third kappa shape index (κ3) is 5.03. The van der Waals surface area contributed by atoms with Crippen molar-refractivity contribution in [2.75, 3.05) is 19.6 Å². The first-order valence-electron chi connectivity index (χ1n) is 7.38. The normalized spacial score (nSPS) is 14.0. The maximum Gasteiger partial charge on any atom is 0.251 e. The van der Waals surface area contributed by atoms with Gasteiger partial charge in [-0.2, -0.15) is 0 Å². The average molecular weight is 276 g/mol. The summed E-state index contributed by atoms with van der Waals surface area (Å²) in [5.74, 6) is -0.181. The Kier molecular flexibility index (Phi) is 7.40. The Labute approximate surface area is 121 Å². The van der Waals surface area contributed by atoms with E-state index in [1.54, 1.807) is 24.3 Å². The summed E-state index contributed by atoms with van der Waals surface area (Å²) in [6.45, 7) is 5.73. The van der Waals surface area contributed by atoms with Crippen molar-refractivity contribution in [3.63, 3.8) is 0 Å². The van der Waals surface area contributed by atoms with E-state index in [1.807, 2.05) is 24.8 Å². The van der Waals surface area contributed by atoms with Crippen molar-refractivity contribution in [1.82, 2.24) is 10.2 Å². The maximum absolute atomic E-state index is 11.8. The molecule has 1 heterocycles. The second kappa shape index (κ2) is 9.13. The van der Waals surface area contributed by atoms with Crippen molar-refractivity contribution in [3.8, 4) is 0 Å². The van der Waals surface area contributed by atoms with Crippen molar-refractivity contribution >= 4 is 11.8 Å². The smallest absolute Gasteiger partial charge is 0.251 e. The van der Waals surface area contributed by atoms with E-state index in [-0.39, 0.29) is 18.4 Å². The zero-order valence-corrected chi connectivity index (χ0v) is 12.4. The lowest BCUT2D eigenvalue weighted by atomic mass is 10.1. The molecular weight excluding hydrogens is 252 g/mol. The van der Waals surface area contributed by atoms with Crippen LogP contribution < -0.4 is 5.32 Å². The molecule has 0 bridgehead atoms. The van der Waals surface area contributed by atoms with E-state index in [1.165, 1.54) is 6.42 Å². The van der Waals surface area contributed by atoms with Gasteiger partial charge in [0.1, 0.15) is 0 Å². The Morgan fingerprint density at radius 3 is 2.25 bits per heavy atom. The highest BCUT2D eigenvalue weighted by Gasteiger charge is 2.16. The second-order valence-corrected chi connectivity index (χ2v) is 4.49. The van der Waals surface area contributed by atoms with Crippen LogP contribution in [0.3, 0.4) is 0 Å². The zero-order valence-electron chi connectivity index (χ0n) is 12.4. The minimum absolute atomic E-state index is 0.0129. The molecule has 4 heteroatoms. The van der Waals surface area contributed by atoms with Gasteiger partial charge in [0.2, 0.25) is 5.91 Å². The summed E-state index contributed by atoms with van der Waals surface area (Å²) < 4.78 is 0. The van der Waals surface area contributed by atoms with Gasteiger partial charge in [0.15, 0.2) is 0 Å². The SMILES string of the molecule is CC.O=C(NCC(=O)N1CCCCC1)c1ccccc1. The van der Waals surface area contributed by atoms with Crippen molar-refractivity contribution in [3.05, 3.63) is 35.9 Å². The lowest BCUT2D eigenvalue weighted by Gasteiger charge is -2.26. The first-order chi connectivity index (χ1) is 9.77. The standard InChI is InChI=1S/C14H18N2O2.C2H6/c17-13(16-9-5-2-6-10-16)11-15-14(18)12-7-3-1-4-8-12;1-2/h1,3-4,7-8H,2,5-6,9-11H2,(H,15,18);1-2H3. The highest BCUT2D eigenvalue weighted by atomic mass is 16.2. The Morgan fingerprint density at radius 1 is 1.05 bits per heavy atom. The molecule has 0 radical (unpaired) electrons. The summed E-state index contributed by atoms with van der Waals surface area (Å²) in [4.78, 5) is 25.4. The molecule has 1 saturated heterocycles. The van der Waals surface area contributed by atoms with Crippen LogP contribution in [0.25, 0.3) is 0 Å². The number of rotatable bonds is 3. The zero-order chi connectivity index (χ0) is 14.8. The Bertz CT molecular complexity index is 412. The molecular formula is C16H24N2O2. The maximum atomic E-state index is 11.8. The first kappa shape index (κ1) is 16.2. The van der Waals surface area contributed by atoms with Gasteiger partial charge in [-0.05, 0) is 31.4 Å². The Balaban J connectivity index is 0.000000956. The number of nitrogens with zero attached hydrogens (tertiary/aromatic N) is 1. The van der Waals surface area contributed by atoms with E-state index in [0.29, 0.717) is 5.56 Å². The van der Waals surface area contributed by atoms with Crippen LogP contribution >= 0.6 is 0 Å². The lowest BCUT2D eigenvalue weighted by molar-refractivity contribution is -0.130. The van der Waals surface area contributed by atoms with E-state index < -0.39 is 0 Å². The van der Waals surface area contributed by atoms with Crippen LogP contribution in [0.1, 0.15) is 43.5 Å². The highest BCUT2D eigenvalue weighted by molar-refractivity contribution is 5.96. The Morgan fingerprint density at radius 2 is 1.65 bits per heavy atom. The molecule has 0 saturated carbocycles. The molecule has 2 amide bonds. The molecule has 1 aliphatic rings. The van der Waals surface area contributed by atoms with E-state index in [9.17, 15) is 9.59 Å². The Hall–Kier alpha value is -1.84. The first-order valence-corrected chi connectivity index (χ1v) is 7.38. The summed E-state index contributed by atoms with van der Waals surface area (Å²) in [5, 5.41) is 2.67. The van der Waals surface area contributed by atoms with Crippen molar-refractivity contribution in [2.24, 2.45) is 0 Å². The van der Waals surface area contributed by atoms with Crippen LogP contribution in [0.4, 0.5) is 0 Å². The summed E-state index contributed by atoms with van der Waals surface area (Å²) in [5.41, 5.74) is 0.587. The van der Waals surface area contributed by atoms with Gasteiger partial charge in [0, 0.05) is 18.7 Å². The van der Waals surface area contributed by atoms with Gasteiger partial charge < -0.3 is 10.2 Å². The van der Waals surface area contributed by atoms with Crippen molar-refractivity contribution < 1.29 is 9.59 Å². The molecule has 1 aliphatic heterocycles. The van der Waals surface area contributed by atoms with Crippen LogP contribution in [0.2, 0.25) is 0 Å². The predicted octanol–water partition coefficient (Wildman–Crippen LogP) is 2.46. The highest BCUT2D eigenvalue weighted by Crippen LogP contribution is 2.08. The average Bonchev–Trinajstić information content (AvgIpc) is 2.55. The van der Waals surface area contributed by atoms with E-state index in [2.05, 4.69) is 5.32 Å².